The molecule has 0 heterocycles. The molecule has 18 heavy (non-hydrogen) atoms. The number of halogens is 2. The Hall–Kier alpha value is -0.870. The quantitative estimate of drug-likeness (QED) is 0.435. The third-order valence-corrected chi connectivity index (χ3v) is 4.90. The van der Waals surface area contributed by atoms with Crippen LogP contribution >= 0.6 is 34.2 Å². The minimum Gasteiger partial charge on any atom is -0.293 e. The van der Waals surface area contributed by atoms with Crippen LogP contribution in [-0.4, -0.2) is 9.71 Å². The summed E-state index contributed by atoms with van der Waals surface area (Å²) in [7, 11) is 0. The van der Waals surface area contributed by atoms with Crippen LogP contribution in [0.4, 0.5) is 0 Å². The van der Waals surface area contributed by atoms with Gasteiger partial charge in [-0.05, 0) is 5.56 Å². The molecule has 2 aromatic rings. The Morgan fingerprint density at radius 1 is 0.944 bits per heavy atom. The van der Waals surface area contributed by atoms with Gasteiger partial charge in [0, 0.05) is 5.56 Å². The van der Waals surface area contributed by atoms with E-state index in [-0.39, 0.29) is 15.1 Å². The van der Waals surface area contributed by atoms with Gasteiger partial charge >= 0.3 is 0 Å². The fraction of sp³-hybridized carbons (Fsp3) is 0.133. The molecule has 2 rings (SSSR count). The Balaban J connectivity index is 2.17. The van der Waals surface area contributed by atoms with Gasteiger partial charge in [-0.2, -0.15) is 0 Å². The fourth-order valence-corrected chi connectivity index (χ4v) is 2.74. The van der Waals surface area contributed by atoms with Crippen LogP contribution in [-0.2, 0) is 0 Å². The normalized spacial score (nSPS) is 13.9. The van der Waals surface area contributed by atoms with Gasteiger partial charge < -0.3 is 0 Å². The highest BCUT2D eigenvalue weighted by atomic mass is 127. The highest BCUT2D eigenvalue weighted by Crippen LogP contribution is 2.31. The van der Waals surface area contributed by atoms with Crippen LogP contribution in [0.5, 0.6) is 0 Å². The highest BCUT2D eigenvalue weighted by molar-refractivity contribution is 14.1. The van der Waals surface area contributed by atoms with E-state index in [0.29, 0.717) is 5.56 Å². The first-order valence-corrected chi connectivity index (χ1v) is 7.30. The minimum atomic E-state index is -0.306. The molecule has 0 amide bonds. The number of carbonyl (C=O) groups is 1. The van der Waals surface area contributed by atoms with Crippen molar-refractivity contribution in [3.05, 3.63) is 71.8 Å². The van der Waals surface area contributed by atoms with Crippen LogP contribution in [0.1, 0.15) is 21.3 Å². The molecule has 0 aliphatic heterocycles. The van der Waals surface area contributed by atoms with Gasteiger partial charge in [-0.1, -0.05) is 83.3 Å². The van der Waals surface area contributed by atoms with Crippen LogP contribution in [0.15, 0.2) is 60.7 Å². The van der Waals surface area contributed by atoms with E-state index < -0.39 is 0 Å². The molecule has 0 aromatic heterocycles. The predicted octanol–water partition coefficient (Wildman–Crippen LogP) is 4.65. The molecule has 3 heteroatoms. The molecular formula is C15H12ClIO. The Morgan fingerprint density at radius 2 is 1.44 bits per heavy atom. The van der Waals surface area contributed by atoms with Crippen LogP contribution in [0, 0.1) is 0 Å². The summed E-state index contributed by atoms with van der Waals surface area (Å²) in [4.78, 5) is 12.3. The molecule has 0 N–H and O–H groups in total. The molecule has 2 unspecified atom stereocenters. The molecule has 0 spiro atoms. The number of hydrogen-bond donors (Lipinski definition) is 0. The monoisotopic (exact) mass is 370 g/mol. The van der Waals surface area contributed by atoms with Crippen LogP contribution in [0.2, 0.25) is 0 Å². The summed E-state index contributed by atoms with van der Waals surface area (Å²) >= 11 is 8.49. The van der Waals surface area contributed by atoms with Crippen molar-refractivity contribution in [2.45, 2.75) is 9.30 Å². The van der Waals surface area contributed by atoms with Crippen molar-refractivity contribution in [2.24, 2.45) is 0 Å². The zero-order chi connectivity index (χ0) is 13.0. The third-order valence-electron chi connectivity index (χ3n) is 2.68. The average molecular weight is 371 g/mol. The third kappa shape index (κ3) is 3.12. The predicted molar refractivity (Wildman–Crippen MR) is 83.6 cm³/mol. The van der Waals surface area contributed by atoms with E-state index in [1.54, 1.807) is 0 Å². The molecule has 2 aromatic carbocycles. The number of Topliss-reactive ketones (excluding diaryl/α,β-unsaturated/α-hetero) is 1. The van der Waals surface area contributed by atoms with Gasteiger partial charge in [0.15, 0.2) is 5.78 Å². The van der Waals surface area contributed by atoms with Crippen molar-refractivity contribution in [2.75, 3.05) is 0 Å². The van der Waals surface area contributed by atoms with Crippen LogP contribution < -0.4 is 0 Å². The number of alkyl halides is 2. The molecular weight excluding hydrogens is 359 g/mol. The number of rotatable bonds is 4. The maximum absolute atomic E-state index is 12.3. The SMILES string of the molecule is O=C(c1ccccc1)C(I)C(Cl)c1ccccc1. The summed E-state index contributed by atoms with van der Waals surface area (Å²) in [6.07, 6.45) is 0. The van der Waals surface area contributed by atoms with Crippen molar-refractivity contribution in [3.8, 4) is 0 Å². The zero-order valence-electron chi connectivity index (χ0n) is 9.59. The Kier molecular flexibility index (Phi) is 4.78. The van der Waals surface area contributed by atoms with Gasteiger partial charge in [-0.15, -0.1) is 11.6 Å². The van der Waals surface area contributed by atoms with Gasteiger partial charge in [0.2, 0.25) is 0 Å². The van der Waals surface area contributed by atoms with Crippen molar-refractivity contribution < 1.29 is 4.79 Å². The second kappa shape index (κ2) is 6.34. The van der Waals surface area contributed by atoms with E-state index in [0.717, 1.165) is 5.56 Å². The molecule has 0 aliphatic rings. The number of ketones is 1. The van der Waals surface area contributed by atoms with Crippen molar-refractivity contribution >= 4 is 40.0 Å². The number of carbonyl (C=O) groups excluding carboxylic acids is 1. The summed E-state index contributed by atoms with van der Waals surface area (Å²) in [6, 6.07) is 19.0. The topological polar surface area (TPSA) is 17.1 Å². The van der Waals surface area contributed by atoms with Crippen molar-refractivity contribution in [1.82, 2.24) is 0 Å². The van der Waals surface area contributed by atoms with Crippen LogP contribution in [0.3, 0.4) is 0 Å². The maximum Gasteiger partial charge on any atom is 0.177 e. The smallest absolute Gasteiger partial charge is 0.177 e. The molecule has 0 saturated carbocycles. The maximum atomic E-state index is 12.3. The minimum absolute atomic E-state index is 0.0695. The molecule has 1 nitrogen and oxygen atoms in total. The second-order valence-electron chi connectivity index (χ2n) is 3.94. The van der Waals surface area contributed by atoms with Gasteiger partial charge in [0.05, 0.1) is 9.30 Å². The molecule has 0 bridgehead atoms. The van der Waals surface area contributed by atoms with E-state index in [1.165, 1.54) is 0 Å². The summed E-state index contributed by atoms with van der Waals surface area (Å²) < 4.78 is -0.269. The number of hydrogen-bond acceptors (Lipinski definition) is 1. The largest absolute Gasteiger partial charge is 0.293 e. The summed E-state index contributed by atoms with van der Waals surface area (Å²) in [5.41, 5.74) is 1.68. The first-order valence-electron chi connectivity index (χ1n) is 5.62. The first kappa shape index (κ1) is 13.6. The van der Waals surface area contributed by atoms with Crippen molar-refractivity contribution in [3.63, 3.8) is 0 Å². The zero-order valence-corrected chi connectivity index (χ0v) is 12.5. The lowest BCUT2D eigenvalue weighted by molar-refractivity contribution is 0.0993. The van der Waals surface area contributed by atoms with Crippen LogP contribution in [0.25, 0.3) is 0 Å². The van der Waals surface area contributed by atoms with E-state index in [4.69, 9.17) is 11.6 Å². The average Bonchev–Trinajstić information content (AvgIpc) is 2.47. The van der Waals surface area contributed by atoms with E-state index >= 15 is 0 Å². The Labute approximate surface area is 125 Å². The summed E-state index contributed by atoms with van der Waals surface area (Å²) in [5, 5.41) is -0.306. The lowest BCUT2D eigenvalue weighted by atomic mass is 10.0. The van der Waals surface area contributed by atoms with E-state index in [2.05, 4.69) is 22.6 Å². The Bertz CT molecular complexity index is 513. The molecule has 2 atom stereocenters. The Morgan fingerprint density at radius 3 is 2.00 bits per heavy atom. The highest BCUT2D eigenvalue weighted by Gasteiger charge is 2.25. The lowest BCUT2D eigenvalue weighted by Gasteiger charge is -2.15. The second-order valence-corrected chi connectivity index (χ2v) is 5.76. The van der Waals surface area contributed by atoms with Crippen molar-refractivity contribution in [1.29, 1.82) is 0 Å². The van der Waals surface area contributed by atoms with Gasteiger partial charge in [0.1, 0.15) is 0 Å². The van der Waals surface area contributed by atoms with E-state index in [9.17, 15) is 4.79 Å². The molecule has 0 aliphatic carbocycles. The summed E-state index contributed by atoms with van der Waals surface area (Å²) in [5.74, 6) is 0.0695. The van der Waals surface area contributed by atoms with E-state index in [1.807, 2.05) is 60.7 Å². The van der Waals surface area contributed by atoms with Gasteiger partial charge in [0.25, 0.3) is 0 Å². The molecule has 92 valence electrons. The van der Waals surface area contributed by atoms with Gasteiger partial charge in [-0.3, -0.25) is 4.79 Å². The first-order chi connectivity index (χ1) is 8.70. The molecule has 0 fully saturated rings. The standard InChI is InChI=1S/C15H12ClIO/c16-13(11-7-3-1-4-8-11)14(17)15(18)12-9-5-2-6-10-12/h1-10,13-14H. The lowest BCUT2D eigenvalue weighted by Crippen LogP contribution is -2.19. The number of benzene rings is 2. The summed E-state index contributed by atoms with van der Waals surface area (Å²) in [6.45, 7) is 0. The fourth-order valence-electron chi connectivity index (χ4n) is 1.70. The molecule has 0 saturated heterocycles. The molecule has 0 radical (unpaired) electrons. The van der Waals surface area contributed by atoms with Gasteiger partial charge in [-0.25, -0.2) is 0 Å².